The van der Waals surface area contributed by atoms with E-state index in [1.807, 2.05) is 0 Å². The van der Waals surface area contributed by atoms with Crippen molar-refractivity contribution in [2.45, 2.75) is 26.8 Å². The number of hydrogen-bond acceptors (Lipinski definition) is 2. The first-order chi connectivity index (χ1) is 6.91. The summed E-state index contributed by atoms with van der Waals surface area (Å²) in [6, 6.07) is 3.77. The van der Waals surface area contributed by atoms with Crippen LogP contribution in [-0.2, 0) is 0 Å². The van der Waals surface area contributed by atoms with Crippen LogP contribution in [0.2, 0.25) is 10.0 Å². The molecular weight excluding hydrogens is 231 g/mol. The molecule has 4 heteroatoms. The number of hydrogen-bond donors (Lipinski definition) is 2. The summed E-state index contributed by atoms with van der Waals surface area (Å²) in [7, 11) is 0. The Hall–Kier alpha value is -0.600. The molecule has 0 bridgehead atoms. The summed E-state index contributed by atoms with van der Waals surface area (Å²) in [6.07, 6.45) is 0. The maximum Gasteiger partial charge on any atom is 0.0614 e. The highest BCUT2D eigenvalue weighted by Gasteiger charge is 2.10. The van der Waals surface area contributed by atoms with E-state index in [0.29, 0.717) is 27.7 Å². The average molecular weight is 247 g/mol. The summed E-state index contributed by atoms with van der Waals surface area (Å²) >= 11 is 11.8. The van der Waals surface area contributed by atoms with E-state index in [4.69, 9.17) is 28.9 Å². The maximum absolute atomic E-state index is 5.92. The van der Waals surface area contributed by atoms with Crippen molar-refractivity contribution in [3.8, 4) is 0 Å². The molecule has 0 aliphatic carbocycles. The Labute approximate surface area is 101 Å². The van der Waals surface area contributed by atoms with Crippen LogP contribution >= 0.6 is 23.2 Å². The van der Waals surface area contributed by atoms with Gasteiger partial charge in [-0.3, -0.25) is 0 Å². The van der Waals surface area contributed by atoms with Gasteiger partial charge in [0.15, 0.2) is 0 Å². The van der Waals surface area contributed by atoms with E-state index in [2.05, 4.69) is 26.1 Å². The molecule has 0 aromatic heterocycles. The molecule has 0 aliphatic heterocycles. The highest BCUT2D eigenvalue weighted by Crippen LogP contribution is 2.31. The lowest BCUT2D eigenvalue weighted by Gasteiger charge is -2.20. The van der Waals surface area contributed by atoms with E-state index in [9.17, 15) is 0 Å². The van der Waals surface area contributed by atoms with E-state index in [-0.39, 0.29) is 0 Å². The molecule has 2 nitrogen and oxygen atoms in total. The van der Waals surface area contributed by atoms with Crippen LogP contribution in [0.4, 0.5) is 11.4 Å². The second-order valence-corrected chi connectivity index (χ2v) is 4.84. The van der Waals surface area contributed by atoms with Crippen LogP contribution < -0.4 is 11.1 Å². The van der Waals surface area contributed by atoms with Gasteiger partial charge in [-0.15, -0.1) is 0 Å². The Balaban J connectivity index is 2.91. The van der Waals surface area contributed by atoms with Gasteiger partial charge in [-0.1, -0.05) is 37.0 Å². The average Bonchev–Trinajstić information content (AvgIpc) is 2.13. The molecule has 1 atom stereocenters. The fourth-order valence-corrected chi connectivity index (χ4v) is 1.43. The summed E-state index contributed by atoms with van der Waals surface area (Å²) in [5.74, 6) is 0.527. The Kier molecular flexibility index (Phi) is 4.12. The largest absolute Gasteiger partial charge is 0.397 e. The van der Waals surface area contributed by atoms with Crippen molar-refractivity contribution in [3.05, 3.63) is 22.2 Å². The molecule has 0 radical (unpaired) electrons. The number of halogens is 2. The van der Waals surface area contributed by atoms with Crippen molar-refractivity contribution >= 4 is 34.6 Å². The number of anilines is 2. The first kappa shape index (κ1) is 12.5. The van der Waals surface area contributed by atoms with Gasteiger partial charge in [0.2, 0.25) is 0 Å². The summed E-state index contributed by atoms with van der Waals surface area (Å²) in [6.45, 7) is 6.39. The smallest absolute Gasteiger partial charge is 0.0614 e. The molecule has 84 valence electrons. The first-order valence-electron chi connectivity index (χ1n) is 4.93. The quantitative estimate of drug-likeness (QED) is 0.791. The highest BCUT2D eigenvalue weighted by atomic mass is 35.5. The zero-order valence-corrected chi connectivity index (χ0v) is 10.7. The molecule has 15 heavy (non-hydrogen) atoms. The van der Waals surface area contributed by atoms with Gasteiger partial charge in [0, 0.05) is 6.04 Å². The topological polar surface area (TPSA) is 38.0 Å². The van der Waals surface area contributed by atoms with E-state index < -0.39 is 0 Å². The minimum Gasteiger partial charge on any atom is -0.397 e. The first-order valence-corrected chi connectivity index (χ1v) is 5.68. The van der Waals surface area contributed by atoms with Crippen LogP contribution in [0.5, 0.6) is 0 Å². The summed E-state index contributed by atoms with van der Waals surface area (Å²) in [5.41, 5.74) is 7.29. The van der Waals surface area contributed by atoms with E-state index >= 15 is 0 Å². The number of nitrogen functional groups attached to an aromatic ring is 1. The Morgan fingerprint density at radius 3 is 2.20 bits per heavy atom. The van der Waals surface area contributed by atoms with Crippen molar-refractivity contribution in [1.82, 2.24) is 0 Å². The lowest BCUT2D eigenvalue weighted by atomic mass is 10.1. The third-order valence-electron chi connectivity index (χ3n) is 2.48. The van der Waals surface area contributed by atoms with Crippen LogP contribution in [0.25, 0.3) is 0 Å². The van der Waals surface area contributed by atoms with Crippen molar-refractivity contribution in [3.63, 3.8) is 0 Å². The number of nitrogens with one attached hydrogen (secondary N) is 1. The molecule has 1 rings (SSSR count). The molecule has 1 aromatic rings. The molecule has 1 unspecified atom stereocenters. The zero-order chi connectivity index (χ0) is 11.6. The van der Waals surface area contributed by atoms with Crippen LogP contribution in [0, 0.1) is 5.92 Å². The number of benzene rings is 1. The predicted octanol–water partition coefficient (Wildman–Crippen LogP) is 4.03. The second kappa shape index (κ2) is 4.95. The van der Waals surface area contributed by atoms with E-state index in [0.717, 1.165) is 5.69 Å². The Bertz CT molecular complexity index is 351. The third kappa shape index (κ3) is 3.18. The normalized spacial score (nSPS) is 12.9. The molecule has 0 aliphatic rings. The Morgan fingerprint density at radius 1 is 1.13 bits per heavy atom. The molecule has 0 amide bonds. The van der Waals surface area contributed by atoms with Crippen LogP contribution in [0.1, 0.15) is 20.8 Å². The van der Waals surface area contributed by atoms with Gasteiger partial charge in [-0.05, 0) is 25.0 Å². The van der Waals surface area contributed by atoms with Crippen molar-refractivity contribution in [2.24, 2.45) is 5.92 Å². The summed E-state index contributed by atoms with van der Waals surface area (Å²) < 4.78 is 0. The minimum atomic E-state index is 0.338. The molecule has 3 N–H and O–H groups in total. The molecule has 0 saturated heterocycles. The van der Waals surface area contributed by atoms with Gasteiger partial charge in [0.25, 0.3) is 0 Å². The predicted molar refractivity (Wildman–Crippen MR) is 68.8 cm³/mol. The molecule has 0 saturated carbocycles. The van der Waals surface area contributed by atoms with Gasteiger partial charge in [-0.2, -0.15) is 0 Å². The van der Waals surface area contributed by atoms with Crippen LogP contribution in [-0.4, -0.2) is 6.04 Å². The van der Waals surface area contributed by atoms with Gasteiger partial charge < -0.3 is 11.1 Å². The summed E-state index contributed by atoms with van der Waals surface area (Å²) in [4.78, 5) is 0. The van der Waals surface area contributed by atoms with E-state index in [1.165, 1.54) is 0 Å². The number of rotatable bonds is 3. The van der Waals surface area contributed by atoms with Gasteiger partial charge in [-0.25, -0.2) is 0 Å². The third-order valence-corrected chi connectivity index (χ3v) is 3.20. The second-order valence-electron chi connectivity index (χ2n) is 4.03. The van der Waals surface area contributed by atoms with Crippen LogP contribution in [0.3, 0.4) is 0 Å². The summed E-state index contributed by atoms with van der Waals surface area (Å²) in [5, 5.41) is 4.31. The monoisotopic (exact) mass is 246 g/mol. The highest BCUT2D eigenvalue weighted by molar-refractivity contribution is 6.42. The molecular formula is C11H16Cl2N2. The van der Waals surface area contributed by atoms with Crippen molar-refractivity contribution in [1.29, 1.82) is 0 Å². The standard InChI is InChI=1S/C11H16Cl2N2/c1-6(2)7(3)15-11-5-9(13)8(12)4-10(11)14/h4-7,15H,14H2,1-3H3. The number of nitrogens with two attached hydrogens (primary N) is 1. The fraction of sp³-hybridized carbons (Fsp3) is 0.455. The minimum absolute atomic E-state index is 0.338. The molecule has 0 heterocycles. The lowest BCUT2D eigenvalue weighted by Crippen LogP contribution is -2.22. The molecule has 0 spiro atoms. The van der Waals surface area contributed by atoms with Gasteiger partial charge in [0.05, 0.1) is 21.4 Å². The maximum atomic E-state index is 5.92. The molecule has 1 aromatic carbocycles. The van der Waals surface area contributed by atoms with Gasteiger partial charge in [0.1, 0.15) is 0 Å². The van der Waals surface area contributed by atoms with Crippen molar-refractivity contribution in [2.75, 3.05) is 11.1 Å². The molecule has 0 fully saturated rings. The Morgan fingerprint density at radius 2 is 1.67 bits per heavy atom. The SMILES string of the molecule is CC(C)C(C)Nc1cc(Cl)c(Cl)cc1N. The lowest BCUT2D eigenvalue weighted by molar-refractivity contribution is 0.560. The zero-order valence-electron chi connectivity index (χ0n) is 9.14. The van der Waals surface area contributed by atoms with Gasteiger partial charge >= 0.3 is 0 Å². The van der Waals surface area contributed by atoms with E-state index in [1.54, 1.807) is 12.1 Å². The van der Waals surface area contributed by atoms with Crippen molar-refractivity contribution < 1.29 is 0 Å². The fourth-order valence-electron chi connectivity index (χ4n) is 1.10. The van der Waals surface area contributed by atoms with Crippen LogP contribution in [0.15, 0.2) is 12.1 Å².